The summed E-state index contributed by atoms with van der Waals surface area (Å²) in [4.78, 5) is 0. The number of hydrogen-bond donors (Lipinski definition) is 0. The molecule has 2 radical (unpaired) electrons. The van der Waals surface area contributed by atoms with E-state index in [0.29, 0.717) is 11.1 Å². The molecule has 7 rings (SSSR count). The van der Waals surface area contributed by atoms with E-state index in [9.17, 15) is 0 Å². The summed E-state index contributed by atoms with van der Waals surface area (Å²) in [6, 6.07) is 69.6. The zero-order valence-corrected chi connectivity index (χ0v) is 33.5. The van der Waals surface area contributed by atoms with Crippen molar-refractivity contribution in [3.05, 3.63) is 182 Å². The van der Waals surface area contributed by atoms with Crippen molar-refractivity contribution in [1.82, 2.24) is 6.38 Å². The average molecular weight is 734 g/mol. The molecule has 1 fully saturated rings. The maximum atomic E-state index is 3.28. The molecule has 1 aliphatic heterocycles. The number of benzene rings is 6. The van der Waals surface area contributed by atoms with E-state index < -0.39 is 40.7 Å². The Hall–Kier alpha value is -3.57. The second-order valence-corrected chi connectivity index (χ2v) is 32.4. The van der Waals surface area contributed by atoms with Gasteiger partial charge in [-0.3, -0.25) is 0 Å². The SMILES string of the molecule is CC(C)[Si]1(C(C)C)[N]([Si](c2ccccc2)(c2ccccc2)c2ccccc2)[Ge][N]1[Si](c1ccccc1)(c1ccccc1)c1ccccc1. The third-order valence-corrected chi connectivity index (χ3v) is 39.4. The topological polar surface area (TPSA) is 6.48 Å². The second-order valence-electron chi connectivity index (χ2n) is 13.5. The van der Waals surface area contributed by atoms with Crippen molar-refractivity contribution >= 4 is 71.9 Å². The van der Waals surface area contributed by atoms with Gasteiger partial charge in [0.25, 0.3) is 0 Å². The van der Waals surface area contributed by atoms with Crippen LogP contribution in [0.4, 0.5) is 0 Å². The molecule has 1 heterocycles. The first-order valence-corrected chi connectivity index (χ1v) is 25.0. The Balaban J connectivity index is 1.60. The van der Waals surface area contributed by atoms with Crippen LogP contribution in [0.1, 0.15) is 27.7 Å². The Labute approximate surface area is 297 Å². The molecule has 1 saturated heterocycles. The summed E-state index contributed by atoms with van der Waals surface area (Å²) in [7, 11) is -7.87. The first-order chi connectivity index (χ1) is 23.5. The van der Waals surface area contributed by atoms with Crippen molar-refractivity contribution in [2.45, 2.75) is 38.8 Å². The van der Waals surface area contributed by atoms with E-state index in [1.54, 1.807) is 0 Å². The predicted octanol–water partition coefficient (Wildman–Crippen LogP) is 5.73. The number of rotatable bonds is 10. The molecular weight excluding hydrogens is 689 g/mol. The Bertz CT molecular complexity index is 1570. The van der Waals surface area contributed by atoms with Gasteiger partial charge in [-0.15, -0.1) is 0 Å². The molecule has 0 aromatic heterocycles. The molecule has 0 aliphatic carbocycles. The Morgan fingerprint density at radius 2 is 0.542 bits per heavy atom. The summed E-state index contributed by atoms with van der Waals surface area (Å²) in [5, 5.41) is 8.97. The van der Waals surface area contributed by atoms with E-state index in [1.165, 1.54) is 31.1 Å². The van der Waals surface area contributed by atoms with Crippen LogP contribution in [0.5, 0.6) is 0 Å². The summed E-state index contributed by atoms with van der Waals surface area (Å²) in [6.45, 7) is 10.2. The first kappa shape index (κ1) is 33.0. The third kappa shape index (κ3) is 5.02. The zero-order chi connectivity index (χ0) is 33.2. The van der Waals surface area contributed by atoms with Crippen LogP contribution < -0.4 is 31.1 Å². The molecule has 0 atom stereocenters. The molecule has 0 N–H and O–H groups in total. The summed E-state index contributed by atoms with van der Waals surface area (Å²) < 4.78 is 6.57. The zero-order valence-electron chi connectivity index (χ0n) is 28.4. The van der Waals surface area contributed by atoms with Gasteiger partial charge in [-0.2, -0.15) is 0 Å². The Kier molecular flexibility index (Phi) is 9.44. The molecule has 6 heteroatoms. The van der Waals surface area contributed by atoms with Crippen LogP contribution in [0, 0.1) is 0 Å². The molecule has 0 saturated carbocycles. The normalized spacial score (nSPS) is 15.4. The van der Waals surface area contributed by atoms with Crippen LogP contribution >= 0.6 is 0 Å². The molecule has 6 aromatic carbocycles. The van der Waals surface area contributed by atoms with Gasteiger partial charge in [-0.1, -0.05) is 0 Å². The molecule has 0 bridgehead atoms. The molecule has 0 unspecified atom stereocenters. The van der Waals surface area contributed by atoms with Crippen LogP contribution in [0.3, 0.4) is 0 Å². The summed E-state index contributed by atoms with van der Waals surface area (Å²) in [6.07, 6.45) is 0. The molecule has 1 aliphatic rings. The van der Waals surface area contributed by atoms with E-state index in [0.717, 1.165) is 0 Å². The van der Waals surface area contributed by atoms with E-state index in [-0.39, 0.29) is 0 Å². The van der Waals surface area contributed by atoms with Crippen molar-refractivity contribution in [3.63, 3.8) is 0 Å². The van der Waals surface area contributed by atoms with Crippen molar-refractivity contribution in [3.8, 4) is 0 Å². The second kappa shape index (κ2) is 13.7. The third-order valence-electron chi connectivity index (χ3n) is 10.4. The summed E-state index contributed by atoms with van der Waals surface area (Å²) in [5.74, 6) is 0. The van der Waals surface area contributed by atoms with Gasteiger partial charge < -0.3 is 0 Å². The fraction of sp³-hybridized carbons (Fsp3) is 0.143. The van der Waals surface area contributed by atoms with Gasteiger partial charge in [0, 0.05) is 0 Å². The van der Waals surface area contributed by atoms with Crippen molar-refractivity contribution in [1.29, 1.82) is 0 Å². The van der Waals surface area contributed by atoms with Crippen LogP contribution in [0.15, 0.2) is 182 Å². The van der Waals surface area contributed by atoms with Gasteiger partial charge in [0.2, 0.25) is 0 Å². The van der Waals surface area contributed by atoms with E-state index in [1.807, 2.05) is 0 Å². The summed E-state index contributed by atoms with van der Waals surface area (Å²) in [5.41, 5.74) is 1.00. The van der Waals surface area contributed by atoms with Gasteiger partial charge in [-0.25, -0.2) is 0 Å². The fourth-order valence-electron chi connectivity index (χ4n) is 8.55. The molecule has 0 amide bonds. The molecule has 6 aromatic rings. The van der Waals surface area contributed by atoms with Crippen LogP contribution in [-0.2, 0) is 0 Å². The van der Waals surface area contributed by atoms with Gasteiger partial charge in [-0.05, 0) is 0 Å². The van der Waals surface area contributed by atoms with Crippen molar-refractivity contribution in [2.75, 3.05) is 0 Å². The minimum absolute atomic E-state index is 0.501. The molecular formula is C42H44GeN2Si3. The van der Waals surface area contributed by atoms with Gasteiger partial charge in [0.15, 0.2) is 0 Å². The molecule has 48 heavy (non-hydrogen) atoms. The van der Waals surface area contributed by atoms with Crippen LogP contribution in [0.25, 0.3) is 0 Å². The molecule has 238 valence electrons. The maximum absolute atomic E-state index is 3.28. The molecule has 2 nitrogen and oxygen atoms in total. The van der Waals surface area contributed by atoms with Gasteiger partial charge >= 0.3 is 299 Å². The van der Waals surface area contributed by atoms with Crippen molar-refractivity contribution in [2.24, 2.45) is 0 Å². The minimum atomic E-state index is -2.69. The number of nitrogens with zero attached hydrogens (tertiary/aromatic N) is 2. The van der Waals surface area contributed by atoms with Gasteiger partial charge in [0.05, 0.1) is 0 Å². The van der Waals surface area contributed by atoms with E-state index in [4.69, 9.17) is 0 Å². The van der Waals surface area contributed by atoms with Crippen molar-refractivity contribution < 1.29 is 0 Å². The predicted molar refractivity (Wildman–Crippen MR) is 213 cm³/mol. The Morgan fingerprint density at radius 1 is 0.354 bits per heavy atom. The van der Waals surface area contributed by atoms with Crippen LogP contribution in [0.2, 0.25) is 11.1 Å². The van der Waals surface area contributed by atoms with E-state index >= 15 is 0 Å². The summed E-state index contributed by atoms with van der Waals surface area (Å²) >= 11 is -0.786. The van der Waals surface area contributed by atoms with Gasteiger partial charge in [0.1, 0.15) is 0 Å². The first-order valence-electron chi connectivity index (χ1n) is 17.2. The monoisotopic (exact) mass is 734 g/mol. The average Bonchev–Trinajstić information content (AvgIpc) is 3.13. The van der Waals surface area contributed by atoms with E-state index in [2.05, 4.69) is 216 Å². The number of hydrogen-bond acceptors (Lipinski definition) is 2. The van der Waals surface area contributed by atoms with Crippen LogP contribution in [-0.4, -0.2) is 47.1 Å². The molecule has 0 spiro atoms. The standard InChI is InChI=1S/C42H44GeN2Si3/c1-35(2)48(36(3)4)44(46(37-23-11-5-12-24-37,38-25-13-6-14-26-38)39-27-15-7-16-28-39)43-45(48)47(40-29-17-8-18-30-40,41-31-19-9-20-32-41)42-33-21-10-22-34-42/h5-36H,1-4H3. The fourth-order valence-corrected chi connectivity index (χ4v) is 51.6. The quantitative estimate of drug-likeness (QED) is 0.131. The Morgan fingerprint density at radius 3 is 0.708 bits per heavy atom.